The van der Waals surface area contributed by atoms with Crippen LogP contribution in [0.4, 0.5) is 0 Å². The molecule has 0 saturated heterocycles. The first-order chi connectivity index (χ1) is 20.0. The first kappa shape index (κ1) is 35.3. The molecule has 220 valence electrons. The Morgan fingerprint density at radius 2 is 1.79 bits per heavy atom. The SMILES string of the molecule is C#C.C=C/C=C(/c1cccnc1)c1cc(CC(=C/C(=C)C(/C=C(\C=C)NC(=C)C(C)(C)C)=C/C)/C(=C\C)NC)[nH]c1C. The number of nitrogens with one attached hydrogen (secondary N) is 3. The van der Waals surface area contributed by atoms with Crippen LogP contribution in [0.5, 0.6) is 0 Å². The van der Waals surface area contributed by atoms with E-state index in [1.165, 1.54) is 0 Å². The summed E-state index contributed by atoms with van der Waals surface area (Å²) in [5.74, 6) is 0. The van der Waals surface area contributed by atoms with E-state index in [0.717, 1.165) is 61.9 Å². The zero-order chi connectivity index (χ0) is 31.9. The Kier molecular flexibility index (Phi) is 14.4. The van der Waals surface area contributed by atoms with Crippen LogP contribution in [0.2, 0.25) is 0 Å². The van der Waals surface area contributed by atoms with Crippen LogP contribution in [0.1, 0.15) is 57.1 Å². The van der Waals surface area contributed by atoms with Gasteiger partial charge in [0.15, 0.2) is 0 Å². The number of aromatic nitrogens is 2. The van der Waals surface area contributed by atoms with Crippen LogP contribution in [0, 0.1) is 25.2 Å². The van der Waals surface area contributed by atoms with Gasteiger partial charge < -0.3 is 15.6 Å². The zero-order valence-corrected chi connectivity index (χ0v) is 26.6. The van der Waals surface area contributed by atoms with E-state index >= 15 is 0 Å². The first-order valence-corrected chi connectivity index (χ1v) is 13.9. The lowest BCUT2D eigenvalue weighted by molar-refractivity contribution is 0.478. The van der Waals surface area contributed by atoms with Crippen LogP contribution < -0.4 is 10.6 Å². The van der Waals surface area contributed by atoms with Crippen LogP contribution in [0.3, 0.4) is 0 Å². The van der Waals surface area contributed by atoms with E-state index in [1.807, 2.05) is 51.4 Å². The van der Waals surface area contributed by atoms with Gasteiger partial charge in [0.1, 0.15) is 0 Å². The van der Waals surface area contributed by atoms with Crippen LogP contribution in [0.25, 0.3) is 5.57 Å². The predicted octanol–water partition coefficient (Wildman–Crippen LogP) is 8.90. The number of hydrogen-bond donors (Lipinski definition) is 3. The molecule has 0 bridgehead atoms. The number of aromatic amines is 1. The maximum atomic E-state index is 4.42. The van der Waals surface area contributed by atoms with Gasteiger partial charge in [-0.2, -0.15) is 0 Å². The normalized spacial score (nSPS) is 13.0. The number of nitrogens with zero attached hydrogens (tertiary/aromatic N) is 1. The molecule has 0 aliphatic heterocycles. The number of allylic oxidation sites excluding steroid dienone is 11. The van der Waals surface area contributed by atoms with E-state index in [9.17, 15) is 0 Å². The smallest absolute Gasteiger partial charge is 0.0381 e. The van der Waals surface area contributed by atoms with Gasteiger partial charge in [-0.15, -0.1) is 12.8 Å². The molecule has 42 heavy (non-hydrogen) atoms. The largest absolute Gasteiger partial charge is 0.388 e. The van der Waals surface area contributed by atoms with Crippen LogP contribution in [-0.4, -0.2) is 17.0 Å². The minimum absolute atomic E-state index is 0.0688. The zero-order valence-electron chi connectivity index (χ0n) is 26.6. The number of aryl methyl sites for hydroxylation is 1. The Balaban J connectivity index is 0.00000431. The number of pyridine rings is 1. The molecule has 3 N–H and O–H groups in total. The third-order valence-electron chi connectivity index (χ3n) is 6.66. The Bertz CT molecular complexity index is 1420. The van der Waals surface area contributed by atoms with Crippen molar-refractivity contribution >= 4 is 5.57 Å². The minimum atomic E-state index is -0.0688. The fourth-order valence-corrected chi connectivity index (χ4v) is 4.23. The number of terminal acetylenes is 1. The summed E-state index contributed by atoms with van der Waals surface area (Å²) < 4.78 is 0. The second kappa shape index (κ2) is 17.1. The number of H-pyrrole nitrogens is 1. The lowest BCUT2D eigenvalue weighted by Gasteiger charge is -2.24. The minimum Gasteiger partial charge on any atom is -0.388 e. The van der Waals surface area contributed by atoms with E-state index < -0.39 is 0 Å². The maximum absolute atomic E-state index is 4.42. The van der Waals surface area contributed by atoms with Gasteiger partial charge in [-0.25, -0.2) is 0 Å². The summed E-state index contributed by atoms with van der Waals surface area (Å²) in [5.41, 5.74) is 11.3. The Morgan fingerprint density at radius 1 is 1.10 bits per heavy atom. The molecule has 0 spiro atoms. The quantitative estimate of drug-likeness (QED) is 0.169. The second-order valence-electron chi connectivity index (χ2n) is 10.6. The van der Waals surface area contributed by atoms with Gasteiger partial charge in [-0.05, 0) is 73.4 Å². The predicted molar refractivity (Wildman–Crippen MR) is 184 cm³/mol. The summed E-state index contributed by atoms with van der Waals surface area (Å²) >= 11 is 0. The molecule has 0 unspecified atom stereocenters. The van der Waals surface area contributed by atoms with Gasteiger partial charge in [-0.3, -0.25) is 4.98 Å². The van der Waals surface area contributed by atoms with Crippen molar-refractivity contribution in [3.63, 3.8) is 0 Å². The van der Waals surface area contributed by atoms with Crippen LogP contribution >= 0.6 is 0 Å². The highest BCUT2D eigenvalue weighted by atomic mass is 14.9. The van der Waals surface area contributed by atoms with Crippen molar-refractivity contribution in [1.29, 1.82) is 0 Å². The lowest BCUT2D eigenvalue weighted by Crippen LogP contribution is -2.22. The van der Waals surface area contributed by atoms with Crippen molar-refractivity contribution in [2.45, 2.75) is 48.0 Å². The molecule has 0 radical (unpaired) electrons. The number of rotatable bonds is 13. The van der Waals surface area contributed by atoms with Crippen LogP contribution in [0.15, 0.2) is 133 Å². The molecule has 4 heteroatoms. The monoisotopic (exact) mass is 560 g/mol. The molecule has 0 saturated carbocycles. The van der Waals surface area contributed by atoms with E-state index in [-0.39, 0.29) is 5.41 Å². The summed E-state index contributed by atoms with van der Waals surface area (Å²) in [5, 5.41) is 6.76. The second-order valence-corrected chi connectivity index (χ2v) is 10.6. The van der Waals surface area contributed by atoms with Gasteiger partial charge in [0.2, 0.25) is 0 Å². The Hall–Kier alpha value is -4.75. The molecule has 2 heterocycles. The summed E-state index contributed by atoms with van der Waals surface area (Å²) in [6.07, 6.45) is 26.4. The van der Waals surface area contributed by atoms with Crippen LogP contribution in [-0.2, 0) is 6.42 Å². The molecular formula is C38H48N4. The standard InChI is InChI=1S/C36H46N4.C2H2/c1-12-17-33(29-18-16-19-38-24-29)34-23-32(39-26(34)6)22-30(35(15-4)37-11)20-25(5)28(13-2)21-31(14-3)40-27(7)36(8,9)10;1-2/h12-21,23-24,37,39-40H,1,3,5,7,22H2,2,4,6,8-11H3;1-2H/b28-13+,30-20-,31-21+,33-17-,35-15+;. The molecule has 0 amide bonds. The summed E-state index contributed by atoms with van der Waals surface area (Å²) in [6.45, 7) is 29.1. The van der Waals surface area contributed by atoms with Crippen molar-refractivity contribution < 1.29 is 0 Å². The molecule has 2 aromatic rings. The first-order valence-electron chi connectivity index (χ1n) is 13.9. The molecule has 2 aromatic heterocycles. The van der Waals surface area contributed by atoms with Crippen molar-refractivity contribution in [1.82, 2.24) is 20.6 Å². The maximum Gasteiger partial charge on any atom is 0.0381 e. The number of likely N-dealkylation sites (N-methyl/N-ethyl adjacent to an activating group) is 1. The summed E-state index contributed by atoms with van der Waals surface area (Å²) in [7, 11) is 1.94. The van der Waals surface area contributed by atoms with Crippen molar-refractivity contribution in [2.24, 2.45) is 5.41 Å². The third kappa shape index (κ3) is 10.0. The fraction of sp³-hybridized carbons (Fsp3) is 0.237. The van der Waals surface area contributed by atoms with Crippen molar-refractivity contribution in [2.75, 3.05) is 7.05 Å². The molecule has 0 atom stereocenters. The van der Waals surface area contributed by atoms with Crippen molar-refractivity contribution in [3.8, 4) is 12.8 Å². The van der Waals surface area contributed by atoms with E-state index in [2.05, 4.69) is 124 Å². The molecule has 2 rings (SSSR count). The van der Waals surface area contributed by atoms with E-state index in [4.69, 9.17) is 0 Å². The summed E-state index contributed by atoms with van der Waals surface area (Å²) in [4.78, 5) is 7.91. The Labute approximate surface area is 254 Å². The van der Waals surface area contributed by atoms with Gasteiger partial charge in [0.05, 0.1) is 0 Å². The molecule has 0 aliphatic rings. The summed E-state index contributed by atoms with van der Waals surface area (Å²) in [6, 6.07) is 6.23. The van der Waals surface area contributed by atoms with Gasteiger partial charge >= 0.3 is 0 Å². The highest BCUT2D eigenvalue weighted by molar-refractivity contribution is 5.82. The lowest BCUT2D eigenvalue weighted by atomic mass is 9.92. The average Bonchev–Trinajstić information content (AvgIpc) is 3.34. The van der Waals surface area contributed by atoms with Gasteiger partial charge in [0.25, 0.3) is 0 Å². The van der Waals surface area contributed by atoms with E-state index in [1.54, 1.807) is 6.20 Å². The fourth-order valence-electron chi connectivity index (χ4n) is 4.23. The van der Waals surface area contributed by atoms with E-state index in [0.29, 0.717) is 6.42 Å². The van der Waals surface area contributed by atoms with Crippen molar-refractivity contribution in [3.05, 3.63) is 156 Å². The average molecular weight is 561 g/mol. The highest BCUT2D eigenvalue weighted by Gasteiger charge is 2.16. The molecule has 4 nitrogen and oxygen atoms in total. The van der Waals surface area contributed by atoms with Gasteiger partial charge in [0, 0.05) is 70.9 Å². The number of hydrogen-bond acceptors (Lipinski definition) is 3. The Morgan fingerprint density at radius 3 is 2.29 bits per heavy atom. The topological polar surface area (TPSA) is 52.7 Å². The highest BCUT2D eigenvalue weighted by Crippen LogP contribution is 2.29. The molecule has 0 aliphatic carbocycles. The third-order valence-corrected chi connectivity index (χ3v) is 6.66. The molecule has 0 aromatic carbocycles. The van der Waals surface area contributed by atoms with Gasteiger partial charge in [-0.1, -0.05) is 77.5 Å². The molecule has 0 fully saturated rings. The molecular weight excluding hydrogens is 512 g/mol.